The molecule has 0 unspecified atom stereocenters. The number of halogens is 1. The van der Waals surface area contributed by atoms with Crippen molar-refractivity contribution in [2.24, 2.45) is 0 Å². The third-order valence-corrected chi connectivity index (χ3v) is 3.52. The van der Waals surface area contributed by atoms with Gasteiger partial charge in [0.2, 0.25) is 5.95 Å². The summed E-state index contributed by atoms with van der Waals surface area (Å²) in [6.45, 7) is 2.83. The molecule has 0 radical (unpaired) electrons. The Morgan fingerprint density at radius 3 is 2.81 bits per heavy atom. The summed E-state index contributed by atoms with van der Waals surface area (Å²) in [7, 11) is 0. The van der Waals surface area contributed by atoms with Crippen molar-refractivity contribution in [1.82, 2.24) is 9.97 Å². The SMILES string of the molecule is N#Cc1cnc(N2CCOCC2)nc1-c1cccc(Cl)c1. The van der Waals surface area contributed by atoms with Crippen LogP contribution in [0.25, 0.3) is 11.3 Å². The number of nitriles is 1. The number of morpholine rings is 1. The van der Waals surface area contributed by atoms with Gasteiger partial charge in [0.25, 0.3) is 0 Å². The molecule has 0 bridgehead atoms. The van der Waals surface area contributed by atoms with Gasteiger partial charge in [-0.1, -0.05) is 23.7 Å². The van der Waals surface area contributed by atoms with E-state index in [0.717, 1.165) is 18.7 Å². The fourth-order valence-corrected chi connectivity index (χ4v) is 2.42. The lowest BCUT2D eigenvalue weighted by molar-refractivity contribution is 0.122. The van der Waals surface area contributed by atoms with Crippen LogP contribution in [0.1, 0.15) is 5.56 Å². The Kier molecular flexibility index (Phi) is 4.00. The van der Waals surface area contributed by atoms with Crippen molar-refractivity contribution in [3.8, 4) is 17.3 Å². The normalized spacial score (nSPS) is 14.8. The molecule has 0 N–H and O–H groups in total. The van der Waals surface area contributed by atoms with Crippen LogP contribution in [0.3, 0.4) is 0 Å². The molecule has 5 nitrogen and oxygen atoms in total. The Labute approximate surface area is 127 Å². The predicted molar refractivity (Wildman–Crippen MR) is 80.2 cm³/mol. The van der Waals surface area contributed by atoms with Gasteiger partial charge in [-0.05, 0) is 12.1 Å². The summed E-state index contributed by atoms with van der Waals surface area (Å²) in [4.78, 5) is 10.9. The van der Waals surface area contributed by atoms with Crippen molar-refractivity contribution >= 4 is 17.5 Å². The van der Waals surface area contributed by atoms with Crippen LogP contribution in [0.15, 0.2) is 30.5 Å². The summed E-state index contributed by atoms with van der Waals surface area (Å²) in [5.74, 6) is 0.618. The van der Waals surface area contributed by atoms with E-state index in [-0.39, 0.29) is 0 Å². The lowest BCUT2D eigenvalue weighted by Gasteiger charge is -2.27. The molecule has 2 heterocycles. The summed E-state index contributed by atoms with van der Waals surface area (Å²) < 4.78 is 5.33. The quantitative estimate of drug-likeness (QED) is 0.853. The number of nitrogens with zero attached hydrogens (tertiary/aromatic N) is 4. The lowest BCUT2D eigenvalue weighted by atomic mass is 10.1. The minimum atomic E-state index is 0.439. The van der Waals surface area contributed by atoms with Gasteiger partial charge in [-0.15, -0.1) is 0 Å². The van der Waals surface area contributed by atoms with Crippen LogP contribution in [-0.2, 0) is 4.74 Å². The van der Waals surface area contributed by atoms with E-state index in [0.29, 0.717) is 35.4 Å². The maximum Gasteiger partial charge on any atom is 0.226 e. The summed E-state index contributed by atoms with van der Waals surface area (Å²) in [6.07, 6.45) is 1.56. The van der Waals surface area contributed by atoms with Gasteiger partial charge >= 0.3 is 0 Å². The lowest BCUT2D eigenvalue weighted by Crippen LogP contribution is -2.37. The maximum atomic E-state index is 9.25. The highest BCUT2D eigenvalue weighted by Gasteiger charge is 2.16. The molecule has 3 rings (SSSR count). The number of aromatic nitrogens is 2. The number of anilines is 1. The summed E-state index contributed by atoms with van der Waals surface area (Å²) in [5.41, 5.74) is 1.86. The second-order valence-corrected chi connectivity index (χ2v) is 5.09. The zero-order chi connectivity index (χ0) is 14.7. The highest BCUT2D eigenvalue weighted by atomic mass is 35.5. The molecule has 6 heteroatoms. The van der Waals surface area contributed by atoms with E-state index in [9.17, 15) is 5.26 Å². The number of ether oxygens (including phenoxy) is 1. The van der Waals surface area contributed by atoms with Crippen LogP contribution in [0, 0.1) is 11.3 Å². The monoisotopic (exact) mass is 300 g/mol. The zero-order valence-electron chi connectivity index (χ0n) is 11.3. The molecule has 2 aromatic rings. The van der Waals surface area contributed by atoms with E-state index >= 15 is 0 Å². The highest BCUT2D eigenvalue weighted by molar-refractivity contribution is 6.30. The predicted octanol–water partition coefficient (Wildman–Crippen LogP) is 2.51. The smallest absolute Gasteiger partial charge is 0.226 e. The Hall–Kier alpha value is -2.16. The van der Waals surface area contributed by atoms with Crippen molar-refractivity contribution in [2.75, 3.05) is 31.2 Å². The van der Waals surface area contributed by atoms with Gasteiger partial charge in [0.1, 0.15) is 6.07 Å². The largest absolute Gasteiger partial charge is 0.378 e. The number of rotatable bonds is 2. The molecule has 0 spiro atoms. The second-order valence-electron chi connectivity index (χ2n) is 4.65. The highest BCUT2D eigenvalue weighted by Crippen LogP contribution is 2.25. The van der Waals surface area contributed by atoms with Gasteiger partial charge in [0, 0.05) is 23.7 Å². The fraction of sp³-hybridized carbons (Fsp3) is 0.267. The molecule has 0 atom stereocenters. The first-order chi connectivity index (χ1) is 10.3. The zero-order valence-corrected chi connectivity index (χ0v) is 12.0. The molecular weight excluding hydrogens is 288 g/mol. The Morgan fingerprint density at radius 1 is 1.29 bits per heavy atom. The van der Waals surface area contributed by atoms with Crippen LogP contribution < -0.4 is 4.90 Å². The van der Waals surface area contributed by atoms with Crippen molar-refractivity contribution in [3.63, 3.8) is 0 Å². The van der Waals surface area contributed by atoms with Crippen molar-refractivity contribution in [2.45, 2.75) is 0 Å². The molecule has 1 aliphatic heterocycles. The van der Waals surface area contributed by atoms with Crippen LogP contribution >= 0.6 is 11.6 Å². The van der Waals surface area contributed by atoms with Crippen molar-refractivity contribution in [3.05, 3.63) is 41.0 Å². The van der Waals surface area contributed by atoms with Gasteiger partial charge in [-0.25, -0.2) is 9.97 Å². The molecule has 21 heavy (non-hydrogen) atoms. The molecule has 0 amide bonds. The van der Waals surface area contributed by atoms with Gasteiger partial charge in [0.15, 0.2) is 0 Å². The van der Waals surface area contributed by atoms with Gasteiger partial charge in [-0.3, -0.25) is 0 Å². The van der Waals surface area contributed by atoms with Crippen molar-refractivity contribution < 1.29 is 4.74 Å². The molecule has 106 valence electrons. The Balaban J connectivity index is 2.03. The van der Waals surface area contributed by atoms with E-state index in [1.807, 2.05) is 12.1 Å². The van der Waals surface area contributed by atoms with E-state index in [4.69, 9.17) is 16.3 Å². The van der Waals surface area contributed by atoms with E-state index in [1.165, 1.54) is 0 Å². The topological polar surface area (TPSA) is 62.0 Å². The third-order valence-electron chi connectivity index (χ3n) is 3.29. The van der Waals surface area contributed by atoms with Crippen molar-refractivity contribution in [1.29, 1.82) is 5.26 Å². The minimum absolute atomic E-state index is 0.439. The summed E-state index contributed by atoms with van der Waals surface area (Å²) in [5, 5.41) is 9.87. The molecule has 1 fully saturated rings. The van der Waals surface area contributed by atoms with Crippen LogP contribution in [0.4, 0.5) is 5.95 Å². The molecule has 0 saturated carbocycles. The number of benzene rings is 1. The van der Waals surface area contributed by atoms with Crippen LogP contribution in [0.5, 0.6) is 0 Å². The van der Waals surface area contributed by atoms with E-state index in [1.54, 1.807) is 18.3 Å². The average molecular weight is 301 g/mol. The Morgan fingerprint density at radius 2 is 2.10 bits per heavy atom. The minimum Gasteiger partial charge on any atom is -0.378 e. The van der Waals surface area contributed by atoms with E-state index in [2.05, 4.69) is 20.9 Å². The molecule has 1 aromatic carbocycles. The molecule has 1 saturated heterocycles. The molecular formula is C15H13ClN4O. The van der Waals surface area contributed by atoms with Crippen LogP contribution in [0.2, 0.25) is 5.02 Å². The Bertz CT molecular complexity index is 692. The van der Waals surface area contributed by atoms with Gasteiger partial charge in [-0.2, -0.15) is 5.26 Å². The molecule has 0 aliphatic carbocycles. The summed E-state index contributed by atoms with van der Waals surface area (Å²) >= 11 is 6.03. The number of hydrogen-bond donors (Lipinski definition) is 0. The van der Waals surface area contributed by atoms with Gasteiger partial charge < -0.3 is 9.64 Å². The third kappa shape index (κ3) is 2.97. The average Bonchev–Trinajstić information content (AvgIpc) is 2.55. The first-order valence-corrected chi connectivity index (χ1v) is 7.01. The maximum absolute atomic E-state index is 9.25. The van der Waals surface area contributed by atoms with Gasteiger partial charge in [0.05, 0.1) is 30.7 Å². The first-order valence-electron chi connectivity index (χ1n) is 6.64. The van der Waals surface area contributed by atoms with E-state index < -0.39 is 0 Å². The van der Waals surface area contributed by atoms with Crippen LogP contribution in [-0.4, -0.2) is 36.3 Å². The molecule has 1 aromatic heterocycles. The standard InChI is InChI=1S/C15H13ClN4O/c16-13-3-1-2-11(8-13)14-12(9-17)10-18-15(19-14)20-4-6-21-7-5-20/h1-3,8,10H,4-7H2. The summed E-state index contributed by atoms with van der Waals surface area (Å²) in [6, 6.07) is 9.45. The first kappa shape index (κ1) is 13.8. The fourth-order valence-electron chi connectivity index (χ4n) is 2.23. The molecule has 1 aliphatic rings. The second kappa shape index (κ2) is 6.08. The number of hydrogen-bond acceptors (Lipinski definition) is 5.